The summed E-state index contributed by atoms with van der Waals surface area (Å²) in [6.07, 6.45) is 4.16. The third-order valence-electron chi connectivity index (χ3n) is 4.55. The first-order chi connectivity index (χ1) is 8.08. The number of amides is 1. The van der Waals surface area contributed by atoms with Gasteiger partial charge in [0, 0.05) is 13.1 Å². The van der Waals surface area contributed by atoms with Crippen molar-refractivity contribution in [3.8, 4) is 0 Å². The fourth-order valence-electron chi connectivity index (χ4n) is 3.34. The molecule has 3 nitrogen and oxygen atoms in total. The van der Waals surface area contributed by atoms with Gasteiger partial charge in [0.2, 0.25) is 0 Å². The average Bonchev–Trinajstić information content (AvgIpc) is 2.63. The minimum atomic E-state index is -1.54. The molecule has 3 atom stereocenters. The third-order valence-corrected chi connectivity index (χ3v) is 4.55. The van der Waals surface area contributed by atoms with Gasteiger partial charge in [-0.05, 0) is 44.9 Å². The van der Waals surface area contributed by atoms with Gasteiger partial charge in [-0.3, -0.25) is 4.79 Å². The highest BCUT2D eigenvalue weighted by Gasteiger charge is 2.49. The van der Waals surface area contributed by atoms with Crippen LogP contribution in [0.5, 0.6) is 0 Å². The molecule has 2 heterocycles. The molecule has 1 saturated carbocycles. The molecular weight excluding hydrogens is 221 g/mol. The molecular formula is C13H20FNO2. The van der Waals surface area contributed by atoms with Gasteiger partial charge in [-0.2, -0.15) is 0 Å². The predicted octanol–water partition coefficient (Wildman–Crippen LogP) is 1.90. The van der Waals surface area contributed by atoms with E-state index in [1.807, 2.05) is 0 Å². The summed E-state index contributed by atoms with van der Waals surface area (Å²) in [5.41, 5.74) is -1.54. The van der Waals surface area contributed by atoms with E-state index in [0.29, 0.717) is 38.0 Å². The zero-order valence-electron chi connectivity index (χ0n) is 10.3. The van der Waals surface area contributed by atoms with Crippen molar-refractivity contribution >= 4 is 5.91 Å². The van der Waals surface area contributed by atoms with Crippen molar-refractivity contribution < 1.29 is 13.9 Å². The number of likely N-dealkylation sites (tertiary alicyclic amines) is 1. The van der Waals surface area contributed by atoms with Crippen LogP contribution in [0.25, 0.3) is 0 Å². The van der Waals surface area contributed by atoms with Gasteiger partial charge in [0.15, 0.2) is 5.67 Å². The van der Waals surface area contributed by atoms with Crippen LogP contribution >= 0.6 is 0 Å². The molecule has 0 bridgehead atoms. The molecule has 0 unspecified atom stereocenters. The summed E-state index contributed by atoms with van der Waals surface area (Å²) in [7, 11) is 0. The lowest BCUT2D eigenvalue weighted by Gasteiger charge is -2.41. The van der Waals surface area contributed by atoms with Gasteiger partial charge in [0.1, 0.15) is 0 Å². The van der Waals surface area contributed by atoms with E-state index in [4.69, 9.17) is 4.74 Å². The highest BCUT2D eigenvalue weighted by molar-refractivity contribution is 5.86. The molecule has 3 fully saturated rings. The molecule has 0 spiro atoms. The van der Waals surface area contributed by atoms with Gasteiger partial charge >= 0.3 is 0 Å². The van der Waals surface area contributed by atoms with Gasteiger partial charge in [0.25, 0.3) is 5.91 Å². The van der Waals surface area contributed by atoms with E-state index >= 15 is 0 Å². The number of piperidine rings is 1. The lowest BCUT2D eigenvalue weighted by Crippen LogP contribution is -2.55. The second-order valence-corrected chi connectivity index (χ2v) is 5.84. The molecule has 3 aliphatic rings. The number of rotatable bonds is 1. The first-order valence-corrected chi connectivity index (χ1v) is 6.72. The molecule has 0 aromatic rings. The number of nitrogens with zero attached hydrogens (tertiary/aromatic N) is 1. The maximum atomic E-state index is 14.1. The second kappa shape index (κ2) is 3.94. The van der Waals surface area contributed by atoms with Crippen molar-refractivity contribution in [1.29, 1.82) is 0 Å². The van der Waals surface area contributed by atoms with Gasteiger partial charge in [0.05, 0.1) is 12.2 Å². The molecule has 17 heavy (non-hydrogen) atoms. The normalized spacial score (nSPS) is 39.6. The van der Waals surface area contributed by atoms with Gasteiger partial charge in [-0.15, -0.1) is 0 Å². The van der Waals surface area contributed by atoms with Crippen molar-refractivity contribution in [2.75, 3.05) is 13.1 Å². The predicted molar refractivity (Wildman–Crippen MR) is 61.3 cm³/mol. The molecule has 4 heteroatoms. The van der Waals surface area contributed by atoms with Crippen LogP contribution in [0.1, 0.15) is 39.0 Å². The number of halogens is 1. The number of carbonyl (C=O) groups excluding carboxylic acids is 1. The third kappa shape index (κ3) is 1.86. The molecule has 2 aliphatic heterocycles. The van der Waals surface area contributed by atoms with Crippen molar-refractivity contribution in [3.05, 3.63) is 0 Å². The van der Waals surface area contributed by atoms with E-state index < -0.39 is 5.67 Å². The summed E-state index contributed by atoms with van der Waals surface area (Å²) >= 11 is 0. The Balaban J connectivity index is 1.64. The molecule has 1 aliphatic carbocycles. The van der Waals surface area contributed by atoms with Crippen molar-refractivity contribution in [2.45, 2.75) is 56.9 Å². The summed E-state index contributed by atoms with van der Waals surface area (Å²) in [5, 5.41) is 0. The lowest BCUT2D eigenvalue weighted by molar-refractivity contribution is -0.154. The largest absolute Gasteiger partial charge is 0.373 e. The molecule has 0 aromatic carbocycles. The van der Waals surface area contributed by atoms with Gasteiger partial charge in [-0.1, -0.05) is 0 Å². The molecule has 0 aromatic heterocycles. The molecule has 3 rings (SSSR count). The minimum absolute atomic E-state index is 0.145. The molecule has 1 amide bonds. The van der Waals surface area contributed by atoms with Gasteiger partial charge in [-0.25, -0.2) is 4.39 Å². The van der Waals surface area contributed by atoms with E-state index in [1.165, 1.54) is 0 Å². The highest BCUT2D eigenvalue weighted by atomic mass is 19.1. The Labute approximate surface area is 101 Å². The van der Waals surface area contributed by atoms with E-state index in [0.717, 1.165) is 19.3 Å². The number of carbonyl (C=O) groups is 1. The van der Waals surface area contributed by atoms with E-state index in [9.17, 15) is 9.18 Å². The summed E-state index contributed by atoms with van der Waals surface area (Å²) in [5.74, 6) is 0.288. The molecule has 0 N–H and O–H groups in total. The van der Waals surface area contributed by atoms with Crippen molar-refractivity contribution in [2.24, 2.45) is 5.92 Å². The van der Waals surface area contributed by atoms with Crippen LogP contribution in [0.3, 0.4) is 0 Å². The van der Waals surface area contributed by atoms with Crippen LogP contribution in [0.15, 0.2) is 0 Å². The Morgan fingerprint density at radius 1 is 1.47 bits per heavy atom. The maximum Gasteiger partial charge on any atom is 0.260 e. The zero-order valence-corrected chi connectivity index (χ0v) is 10.3. The zero-order chi connectivity index (χ0) is 12.0. The average molecular weight is 241 g/mol. The van der Waals surface area contributed by atoms with E-state index in [2.05, 4.69) is 6.92 Å². The summed E-state index contributed by atoms with van der Waals surface area (Å²) in [4.78, 5) is 13.8. The van der Waals surface area contributed by atoms with Crippen LogP contribution in [-0.4, -0.2) is 41.8 Å². The maximum absolute atomic E-state index is 14.1. The number of fused-ring (bicyclic) bond motifs is 1. The molecule has 0 radical (unpaired) electrons. The SMILES string of the molecule is C[C@@H]1C[C@@H]2CCN(C(=O)C3(F)CCC3)C[C@H]2O1. The standard InChI is InChI=1S/C13H20FNO2/c1-9-7-10-3-6-15(8-11(10)17-9)12(16)13(14)4-2-5-13/h9-11H,2-8H2,1H3/t9-,10+,11-/m1/s1. The quantitative estimate of drug-likeness (QED) is 0.701. The Morgan fingerprint density at radius 2 is 2.24 bits per heavy atom. The van der Waals surface area contributed by atoms with Crippen LogP contribution in [0, 0.1) is 5.92 Å². The topological polar surface area (TPSA) is 29.5 Å². The number of hydrogen-bond acceptors (Lipinski definition) is 2. The van der Waals surface area contributed by atoms with Crippen molar-refractivity contribution in [3.63, 3.8) is 0 Å². The Bertz CT molecular complexity index is 329. The summed E-state index contributed by atoms with van der Waals surface area (Å²) in [6, 6.07) is 0. The van der Waals surface area contributed by atoms with Crippen LogP contribution in [0.4, 0.5) is 4.39 Å². The first kappa shape index (κ1) is 11.5. The number of ether oxygens (including phenoxy) is 1. The monoisotopic (exact) mass is 241 g/mol. The molecule has 96 valence electrons. The van der Waals surface area contributed by atoms with Crippen LogP contribution in [-0.2, 0) is 9.53 Å². The summed E-state index contributed by atoms with van der Waals surface area (Å²) in [6.45, 7) is 3.38. The fraction of sp³-hybridized carbons (Fsp3) is 0.923. The van der Waals surface area contributed by atoms with E-state index in [-0.39, 0.29) is 12.0 Å². The minimum Gasteiger partial charge on any atom is -0.373 e. The van der Waals surface area contributed by atoms with Crippen LogP contribution < -0.4 is 0 Å². The Morgan fingerprint density at radius 3 is 2.88 bits per heavy atom. The first-order valence-electron chi connectivity index (χ1n) is 6.72. The Kier molecular flexibility index (Phi) is 2.65. The highest BCUT2D eigenvalue weighted by Crippen LogP contribution is 2.39. The molecule has 2 saturated heterocycles. The smallest absolute Gasteiger partial charge is 0.260 e. The van der Waals surface area contributed by atoms with Crippen molar-refractivity contribution in [1.82, 2.24) is 4.90 Å². The van der Waals surface area contributed by atoms with Crippen LogP contribution in [0.2, 0.25) is 0 Å². The summed E-state index contributed by atoms with van der Waals surface area (Å²) < 4.78 is 19.9. The fourth-order valence-corrected chi connectivity index (χ4v) is 3.34. The lowest BCUT2D eigenvalue weighted by atomic mass is 9.80. The van der Waals surface area contributed by atoms with E-state index in [1.54, 1.807) is 4.90 Å². The number of hydrogen-bond donors (Lipinski definition) is 0. The second-order valence-electron chi connectivity index (χ2n) is 5.84. The van der Waals surface area contributed by atoms with Gasteiger partial charge < -0.3 is 9.64 Å². The number of alkyl halides is 1. The Hall–Kier alpha value is -0.640.